The van der Waals surface area contributed by atoms with Crippen LogP contribution >= 0.6 is 11.6 Å². The number of aromatic nitrogens is 3. The van der Waals surface area contributed by atoms with E-state index >= 15 is 0 Å². The largest absolute Gasteiger partial charge is 0.497 e. The molecule has 31 heavy (non-hydrogen) atoms. The number of nitrogens with zero attached hydrogens (tertiary/aromatic N) is 3. The number of rotatable bonds is 11. The minimum atomic E-state index is -0.120. The van der Waals surface area contributed by atoms with Gasteiger partial charge >= 0.3 is 0 Å². The summed E-state index contributed by atoms with van der Waals surface area (Å²) in [5.41, 5.74) is 2.15. The van der Waals surface area contributed by atoms with Crippen LogP contribution < -0.4 is 20.1 Å². The van der Waals surface area contributed by atoms with Crippen molar-refractivity contribution in [2.75, 3.05) is 31.5 Å². The van der Waals surface area contributed by atoms with Crippen molar-refractivity contribution in [2.24, 2.45) is 0 Å². The molecule has 3 N–H and O–H groups in total. The molecule has 0 saturated heterocycles. The number of ether oxygens (including phenoxy) is 2. The first-order valence-electron chi connectivity index (χ1n) is 10.2. The highest BCUT2D eigenvalue weighted by Crippen LogP contribution is 2.27. The molecular weight excluding hydrogens is 418 g/mol. The third-order valence-corrected chi connectivity index (χ3v) is 5.11. The predicted molar refractivity (Wildman–Crippen MR) is 123 cm³/mol. The second-order valence-corrected chi connectivity index (χ2v) is 7.55. The first kappa shape index (κ1) is 22.8. The number of unbranched alkanes of at least 4 members (excludes halogenated alkanes) is 1. The zero-order valence-corrected chi connectivity index (χ0v) is 18.7. The second-order valence-electron chi connectivity index (χ2n) is 7.11. The summed E-state index contributed by atoms with van der Waals surface area (Å²) in [5.74, 6) is 2.40. The predicted octanol–water partition coefficient (Wildman–Crippen LogP) is 4.27. The van der Waals surface area contributed by atoms with Gasteiger partial charge in [-0.05, 0) is 24.6 Å². The summed E-state index contributed by atoms with van der Waals surface area (Å²) in [6, 6.07) is 7.25. The van der Waals surface area contributed by atoms with Crippen LogP contribution in [0.25, 0.3) is 11.0 Å². The number of hydrogen-bond acceptors (Lipinski definition) is 8. The zero-order chi connectivity index (χ0) is 22.2. The molecule has 1 atom stereocenters. The molecule has 8 nitrogen and oxygen atoms in total. The lowest BCUT2D eigenvalue weighted by molar-refractivity contribution is 0.267. The first-order valence-corrected chi connectivity index (χ1v) is 10.6. The van der Waals surface area contributed by atoms with Gasteiger partial charge in [0, 0.05) is 24.4 Å². The smallest absolute Gasteiger partial charge is 0.225 e. The van der Waals surface area contributed by atoms with Crippen LogP contribution in [0.5, 0.6) is 11.5 Å². The molecule has 2 heterocycles. The van der Waals surface area contributed by atoms with E-state index < -0.39 is 0 Å². The Kier molecular flexibility index (Phi) is 8.08. The average molecular weight is 446 g/mol. The number of fused-ring (bicyclic) bond motifs is 1. The molecule has 2 aromatic heterocycles. The molecular formula is C22H28ClN5O3. The van der Waals surface area contributed by atoms with Crippen LogP contribution in [0.1, 0.15) is 31.7 Å². The molecule has 0 aliphatic rings. The topological polar surface area (TPSA) is 101 Å². The van der Waals surface area contributed by atoms with E-state index in [0.29, 0.717) is 40.1 Å². The van der Waals surface area contributed by atoms with Gasteiger partial charge < -0.3 is 25.2 Å². The molecule has 1 unspecified atom stereocenters. The Labute approximate surface area is 187 Å². The van der Waals surface area contributed by atoms with E-state index in [2.05, 4.69) is 32.5 Å². The van der Waals surface area contributed by atoms with Crippen molar-refractivity contribution >= 4 is 34.4 Å². The van der Waals surface area contributed by atoms with E-state index in [1.54, 1.807) is 26.5 Å². The van der Waals surface area contributed by atoms with Gasteiger partial charge in [0.05, 0.1) is 37.4 Å². The maximum absolute atomic E-state index is 9.76. The van der Waals surface area contributed by atoms with Gasteiger partial charge in [-0.1, -0.05) is 31.4 Å². The molecule has 0 aliphatic carbocycles. The summed E-state index contributed by atoms with van der Waals surface area (Å²) in [6.45, 7) is 2.57. The van der Waals surface area contributed by atoms with Crippen LogP contribution in [0.3, 0.4) is 0 Å². The van der Waals surface area contributed by atoms with Crippen LogP contribution in [-0.2, 0) is 6.54 Å². The summed E-state index contributed by atoms with van der Waals surface area (Å²) in [5, 5.41) is 16.8. The van der Waals surface area contributed by atoms with Gasteiger partial charge in [-0.25, -0.2) is 9.97 Å². The Bertz CT molecular complexity index is 1020. The van der Waals surface area contributed by atoms with Gasteiger partial charge in [-0.2, -0.15) is 4.98 Å². The molecule has 0 spiro atoms. The maximum Gasteiger partial charge on any atom is 0.225 e. The highest BCUT2D eigenvalue weighted by atomic mass is 35.5. The van der Waals surface area contributed by atoms with Crippen molar-refractivity contribution in [3.63, 3.8) is 0 Å². The van der Waals surface area contributed by atoms with Gasteiger partial charge in [0.1, 0.15) is 17.0 Å². The van der Waals surface area contributed by atoms with E-state index in [1.165, 1.54) is 0 Å². The molecule has 0 aliphatic heterocycles. The molecule has 0 amide bonds. The highest BCUT2D eigenvalue weighted by molar-refractivity contribution is 6.31. The maximum atomic E-state index is 9.76. The van der Waals surface area contributed by atoms with E-state index in [-0.39, 0.29) is 12.6 Å². The van der Waals surface area contributed by atoms with Crippen molar-refractivity contribution in [1.29, 1.82) is 0 Å². The fraction of sp³-hybridized carbons (Fsp3) is 0.409. The first-order chi connectivity index (χ1) is 15.1. The Hall–Kier alpha value is -2.84. The van der Waals surface area contributed by atoms with Crippen molar-refractivity contribution in [2.45, 2.75) is 38.8 Å². The van der Waals surface area contributed by atoms with Crippen LogP contribution in [0.4, 0.5) is 11.8 Å². The van der Waals surface area contributed by atoms with Crippen LogP contribution in [-0.4, -0.2) is 46.9 Å². The Morgan fingerprint density at radius 2 is 2.00 bits per heavy atom. The fourth-order valence-corrected chi connectivity index (χ4v) is 3.35. The lowest BCUT2D eigenvalue weighted by atomic mass is 10.1. The van der Waals surface area contributed by atoms with Gasteiger partial charge in [-0.3, -0.25) is 0 Å². The average Bonchev–Trinajstić information content (AvgIpc) is 2.79. The summed E-state index contributed by atoms with van der Waals surface area (Å²) in [4.78, 5) is 13.6. The number of hydrogen-bond donors (Lipinski definition) is 3. The molecule has 1 aromatic carbocycles. The lowest BCUT2D eigenvalue weighted by Gasteiger charge is -2.18. The van der Waals surface area contributed by atoms with Crippen molar-refractivity contribution < 1.29 is 14.6 Å². The zero-order valence-electron chi connectivity index (χ0n) is 18.0. The van der Waals surface area contributed by atoms with Crippen LogP contribution in [0.2, 0.25) is 5.02 Å². The molecule has 3 aromatic rings. The number of benzene rings is 1. The normalized spacial score (nSPS) is 11.9. The molecule has 9 heteroatoms. The van der Waals surface area contributed by atoms with Crippen LogP contribution in [0, 0.1) is 0 Å². The summed E-state index contributed by atoms with van der Waals surface area (Å²) in [6.07, 6.45) is 4.45. The monoisotopic (exact) mass is 445 g/mol. The Morgan fingerprint density at radius 3 is 2.71 bits per heavy atom. The number of nitrogens with one attached hydrogen (secondary N) is 2. The van der Waals surface area contributed by atoms with Gasteiger partial charge in [0.15, 0.2) is 5.82 Å². The highest BCUT2D eigenvalue weighted by Gasteiger charge is 2.15. The standard InChI is InChI=1S/C22H28ClN5O3/c1-4-5-6-16(13-29)26-21-20-18(9-15(23)12-24-20)27-22(28-21)25-11-14-7-8-17(30-2)10-19(14)31-3/h7-10,12,16,29H,4-6,11,13H2,1-3H3,(H2,25,26,27,28). The van der Waals surface area contributed by atoms with E-state index in [0.717, 1.165) is 30.6 Å². The minimum Gasteiger partial charge on any atom is -0.497 e. The third-order valence-electron chi connectivity index (χ3n) is 4.90. The van der Waals surface area contributed by atoms with Gasteiger partial charge in [0.2, 0.25) is 5.95 Å². The lowest BCUT2D eigenvalue weighted by Crippen LogP contribution is -2.25. The van der Waals surface area contributed by atoms with Crippen LogP contribution in [0.15, 0.2) is 30.5 Å². The summed E-state index contributed by atoms with van der Waals surface area (Å²) in [7, 11) is 3.23. The number of anilines is 2. The van der Waals surface area contributed by atoms with E-state index in [4.69, 9.17) is 21.1 Å². The van der Waals surface area contributed by atoms with Gasteiger partial charge in [0.25, 0.3) is 0 Å². The van der Waals surface area contributed by atoms with Crippen molar-refractivity contribution in [3.8, 4) is 11.5 Å². The number of aliphatic hydroxyl groups is 1. The molecule has 166 valence electrons. The third kappa shape index (κ3) is 5.86. The molecule has 0 fully saturated rings. The quantitative estimate of drug-likeness (QED) is 0.402. The fourth-order valence-electron chi connectivity index (χ4n) is 3.20. The number of methoxy groups -OCH3 is 2. The summed E-state index contributed by atoms with van der Waals surface area (Å²) < 4.78 is 10.7. The van der Waals surface area contributed by atoms with E-state index in [1.807, 2.05) is 18.2 Å². The SMILES string of the molecule is CCCCC(CO)Nc1nc(NCc2ccc(OC)cc2OC)nc2cc(Cl)cnc12. The minimum absolute atomic E-state index is 0.00486. The second kappa shape index (κ2) is 11.0. The number of aliphatic hydroxyl groups excluding tert-OH is 1. The molecule has 3 rings (SSSR count). The van der Waals surface area contributed by atoms with E-state index in [9.17, 15) is 5.11 Å². The Morgan fingerprint density at radius 1 is 1.16 bits per heavy atom. The number of halogens is 1. The van der Waals surface area contributed by atoms with Crippen molar-refractivity contribution in [1.82, 2.24) is 15.0 Å². The number of pyridine rings is 1. The summed E-state index contributed by atoms with van der Waals surface area (Å²) >= 11 is 6.13. The van der Waals surface area contributed by atoms with Crippen molar-refractivity contribution in [3.05, 3.63) is 41.0 Å². The molecule has 0 bridgehead atoms. The molecule has 0 radical (unpaired) electrons. The molecule has 0 saturated carbocycles. The van der Waals surface area contributed by atoms with Gasteiger partial charge in [-0.15, -0.1) is 0 Å². The Balaban J connectivity index is 1.88.